The van der Waals surface area contributed by atoms with Crippen molar-refractivity contribution in [2.75, 3.05) is 26.2 Å². The second kappa shape index (κ2) is 8.70. The standard InChI is InChI=1S/C19H33N5O/c1-3-23(15-17-13-21-22(2)14-17)19(25)20-12-16-8-10-24(11-9-16)18-6-4-5-7-18/h13-14,16,18H,3-12,15H2,1-2H3,(H,20,25). The molecule has 2 aliphatic rings. The SMILES string of the molecule is CCN(Cc1cnn(C)c1)C(=O)NCC1CCN(C2CCCC2)CC1. The minimum Gasteiger partial charge on any atom is -0.338 e. The predicted octanol–water partition coefficient (Wildman–Crippen LogP) is 2.61. The third-order valence-corrected chi connectivity index (χ3v) is 5.83. The number of piperidine rings is 1. The molecular formula is C19H33N5O. The summed E-state index contributed by atoms with van der Waals surface area (Å²) in [5.74, 6) is 0.624. The first-order valence-corrected chi connectivity index (χ1v) is 9.90. The summed E-state index contributed by atoms with van der Waals surface area (Å²) in [6.45, 7) is 6.57. The predicted molar refractivity (Wildman–Crippen MR) is 99.2 cm³/mol. The number of nitrogens with one attached hydrogen (secondary N) is 1. The molecule has 6 nitrogen and oxygen atoms in total. The van der Waals surface area contributed by atoms with Gasteiger partial charge in [-0.05, 0) is 51.6 Å². The van der Waals surface area contributed by atoms with E-state index in [1.807, 2.05) is 31.3 Å². The molecule has 1 aromatic rings. The number of rotatable bonds is 6. The summed E-state index contributed by atoms with van der Waals surface area (Å²) < 4.78 is 1.78. The van der Waals surface area contributed by atoms with Crippen LogP contribution in [0.4, 0.5) is 4.79 Å². The van der Waals surface area contributed by atoms with Gasteiger partial charge < -0.3 is 15.1 Å². The van der Waals surface area contributed by atoms with E-state index in [0.717, 1.165) is 18.2 Å². The Morgan fingerprint density at radius 2 is 2.00 bits per heavy atom. The van der Waals surface area contributed by atoms with Gasteiger partial charge in [-0.25, -0.2) is 4.79 Å². The monoisotopic (exact) mass is 347 g/mol. The van der Waals surface area contributed by atoms with Crippen LogP contribution in [0.3, 0.4) is 0 Å². The Kier molecular flexibility index (Phi) is 6.34. The van der Waals surface area contributed by atoms with E-state index in [-0.39, 0.29) is 6.03 Å². The van der Waals surface area contributed by atoms with Gasteiger partial charge in [0.05, 0.1) is 12.7 Å². The van der Waals surface area contributed by atoms with Gasteiger partial charge >= 0.3 is 6.03 Å². The minimum atomic E-state index is 0.0459. The molecular weight excluding hydrogens is 314 g/mol. The fourth-order valence-electron chi connectivity index (χ4n) is 4.24. The van der Waals surface area contributed by atoms with Crippen LogP contribution in [0.25, 0.3) is 0 Å². The Balaban J connectivity index is 1.39. The van der Waals surface area contributed by atoms with Crippen LogP contribution < -0.4 is 5.32 Å². The summed E-state index contributed by atoms with van der Waals surface area (Å²) >= 11 is 0. The third kappa shape index (κ3) is 4.97. The Morgan fingerprint density at radius 1 is 1.28 bits per heavy atom. The molecule has 0 atom stereocenters. The molecule has 2 fully saturated rings. The molecule has 1 aliphatic heterocycles. The first-order valence-electron chi connectivity index (χ1n) is 9.90. The van der Waals surface area contributed by atoms with E-state index in [2.05, 4.69) is 15.3 Å². The minimum absolute atomic E-state index is 0.0459. The first kappa shape index (κ1) is 18.2. The maximum atomic E-state index is 12.5. The summed E-state index contributed by atoms with van der Waals surface area (Å²) in [5.41, 5.74) is 1.07. The van der Waals surface area contributed by atoms with Gasteiger partial charge in [0.2, 0.25) is 0 Å². The maximum Gasteiger partial charge on any atom is 0.317 e. The van der Waals surface area contributed by atoms with Gasteiger partial charge in [-0.1, -0.05) is 12.8 Å². The highest BCUT2D eigenvalue weighted by molar-refractivity contribution is 5.74. The highest BCUT2D eigenvalue weighted by Gasteiger charge is 2.27. The number of carbonyl (C=O) groups is 1. The number of amides is 2. The van der Waals surface area contributed by atoms with Gasteiger partial charge in [-0.3, -0.25) is 4.68 Å². The molecule has 6 heteroatoms. The fourth-order valence-corrected chi connectivity index (χ4v) is 4.24. The van der Waals surface area contributed by atoms with Gasteiger partial charge in [-0.15, -0.1) is 0 Å². The quantitative estimate of drug-likeness (QED) is 0.861. The number of nitrogens with zero attached hydrogens (tertiary/aromatic N) is 4. The average molecular weight is 348 g/mol. The topological polar surface area (TPSA) is 53.4 Å². The zero-order valence-corrected chi connectivity index (χ0v) is 15.8. The zero-order valence-electron chi connectivity index (χ0n) is 15.8. The molecule has 1 aromatic heterocycles. The number of hydrogen-bond acceptors (Lipinski definition) is 3. The van der Waals surface area contributed by atoms with Crippen LogP contribution in [0, 0.1) is 5.92 Å². The van der Waals surface area contributed by atoms with Crippen molar-refractivity contribution in [3.8, 4) is 0 Å². The highest BCUT2D eigenvalue weighted by atomic mass is 16.2. The molecule has 0 unspecified atom stereocenters. The lowest BCUT2D eigenvalue weighted by Crippen LogP contribution is -2.45. The molecule has 25 heavy (non-hydrogen) atoms. The summed E-state index contributed by atoms with van der Waals surface area (Å²) in [7, 11) is 1.90. The van der Waals surface area contributed by atoms with Gasteiger partial charge in [0.15, 0.2) is 0 Å². The summed E-state index contributed by atoms with van der Waals surface area (Å²) in [6, 6.07) is 0.884. The third-order valence-electron chi connectivity index (χ3n) is 5.83. The Morgan fingerprint density at radius 3 is 2.60 bits per heavy atom. The number of urea groups is 1. The van der Waals surface area contributed by atoms with E-state index in [9.17, 15) is 4.79 Å². The van der Waals surface area contributed by atoms with E-state index >= 15 is 0 Å². The molecule has 140 valence electrons. The average Bonchev–Trinajstić information content (AvgIpc) is 3.30. The van der Waals surface area contributed by atoms with Crippen LogP contribution in [0.1, 0.15) is 51.0 Å². The maximum absolute atomic E-state index is 12.5. The van der Waals surface area contributed by atoms with Crippen molar-refractivity contribution in [2.24, 2.45) is 13.0 Å². The highest BCUT2D eigenvalue weighted by Crippen LogP contribution is 2.27. The second-order valence-electron chi connectivity index (χ2n) is 7.64. The number of likely N-dealkylation sites (tertiary alicyclic amines) is 1. The van der Waals surface area contributed by atoms with Gasteiger partial charge in [-0.2, -0.15) is 5.10 Å². The molecule has 0 spiro atoms. The Bertz CT molecular complexity index is 544. The van der Waals surface area contributed by atoms with Crippen molar-refractivity contribution < 1.29 is 4.79 Å². The molecule has 2 amide bonds. The van der Waals surface area contributed by atoms with E-state index in [0.29, 0.717) is 19.0 Å². The van der Waals surface area contributed by atoms with Crippen LogP contribution in [0.15, 0.2) is 12.4 Å². The van der Waals surface area contributed by atoms with E-state index in [4.69, 9.17) is 0 Å². The van der Waals surface area contributed by atoms with Crippen LogP contribution >= 0.6 is 0 Å². The van der Waals surface area contributed by atoms with Crippen molar-refractivity contribution >= 4 is 6.03 Å². The largest absolute Gasteiger partial charge is 0.338 e. The van der Waals surface area contributed by atoms with Gasteiger partial charge in [0.25, 0.3) is 0 Å². The molecule has 1 saturated carbocycles. The normalized spacial score (nSPS) is 20.1. The lowest BCUT2D eigenvalue weighted by molar-refractivity contribution is 0.132. The molecule has 3 rings (SSSR count). The van der Waals surface area contributed by atoms with Crippen LogP contribution in [0.5, 0.6) is 0 Å². The smallest absolute Gasteiger partial charge is 0.317 e. The summed E-state index contributed by atoms with van der Waals surface area (Å²) in [4.78, 5) is 17.0. The second-order valence-corrected chi connectivity index (χ2v) is 7.64. The Hall–Kier alpha value is -1.56. The molecule has 1 saturated heterocycles. The fraction of sp³-hybridized carbons (Fsp3) is 0.789. The number of aryl methyl sites for hydroxylation is 1. The van der Waals surface area contributed by atoms with E-state index < -0.39 is 0 Å². The van der Waals surface area contributed by atoms with Gasteiger partial charge in [0, 0.05) is 37.9 Å². The van der Waals surface area contributed by atoms with E-state index in [1.165, 1.54) is 51.6 Å². The van der Waals surface area contributed by atoms with Crippen molar-refractivity contribution in [1.29, 1.82) is 0 Å². The molecule has 1 aliphatic carbocycles. The molecule has 1 N–H and O–H groups in total. The Labute approximate surface area is 151 Å². The summed E-state index contributed by atoms with van der Waals surface area (Å²) in [5, 5.41) is 7.33. The van der Waals surface area contributed by atoms with Gasteiger partial charge in [0.1, 0.15) is 0 Å². The molecule has 0 aromatic carbocycles. The van der Waals surface area contributed by atoms with Crippen molar-refractivity contribution in [2.45, 2.75) is 58.0 Å². The summed E-state index contributed by atoms with van der Waals surface area (Å²) in [6.07, 6.45) is 11.8. The van der Waals surface area contributed by atoms with E-state index in [1.54, 1.807) is 4.68 Å². The van der Waals surface area contributed by atoms with Crippen molar-refractivity contribution in [3.63, 3.8) is 0 Å². The van der Waals surface area contributed by atoms with Crippen molar-refractivity contribution in [1.82, 2.24) is 24.9 Å². The lowest BCUT2D eigenvalue weighted by atomic mass is 9.95. The first-order chi connectivity index (χ1) is 12.2. The molecule has 0 bridgehead atoms. The number of aromatic nitrogens is 2. The zero-order chi connectivity index (χ0) is 17.6. The van der Waals surface area contributed by atoms with Crippen LogP contribution in [-0.2, 0) is 13.6 Å². The van der Waals surface area contributed by atoms with Crippen LogP contribution in [-0.4, -0.2) is 57.8 Å². The lowest BCUT2D eigenvalue weighted by Gasteiger charge is -2.36. The van der Waals surface area contributed by atoms with Crippen LogP contribution in [0.2, 0.25) is 0 Å². The number of hydrogen-bond donors (Lipinski definition) is 1. The van der Waals surface area contributed by atoms with Crippen molar-refractivity contribution in [3.05, 3.63) is 18.0 Å². The number of carbonyl (C=O) groups excluding carboxylic acids is 1. The molecule has 2 heterocycles. The molecule has 0 radical (unpaired) electrons.